The number of nitro benzene ring substituents is 1. The summed E-state index contributed by atoms with van der Waals surface area (Å²) < 4.78 is 4.86. The topological polar surface area (TPSA) is 92.8 Å². The summed E-state index contributed by atoms with van der Waals surface area (Å²) in [5.41, 5.74) is -0.255. The van der Waals surface area contributed by atoms with Gasteiger partial charge in [0, 0.05) is 5.75 Å². The highest BCUT2D eigenvalue weighted by Gasteiger charge is 2.26. The number of ether oxygens (including phenoxy) is 1. The van der Waals surface area contributed by atoms with Crippen molar-refractivity contribution in [3.8, 4) is 5.75 Å². The maximum absolute atomic E-state index is 10.8. The van der Waals surface area contributed by atoms with E-state index in [0.717, 1.165) is 0 Å². The summed E-state index contributed by atoms with van der Waals surface area (Å²) in [6.45, 7) is 0. The number of nitrogens with zero attached hydrogens (tertiary/aromatic N) is 1. The Morgan fingerprint density at radius 3 is 2.65 bits per heavy atom. The average molecular weight is 259 g/mol. The summed E-state index contributed by atoms with van der Waals surface area (Å²) in [6.07, 6.45) is -2.51. The fourth-order valence-electron chi connectivity index (χ4n) is 1.37. The second-order valence-corrected chi connectivity index (χ2v) is 3.74. The van der Waals surface area contributed by atoms with Crippen molar-refractivity contribution in [2.75, 3.05) is 12.9 Å². The lowest BCUT2D eigenvalue weighted by Gasteiger charge is -2.16. The molecule has 0 saturated carbocycles. The Morgan fingerprint density at radius 2 is 2.18 bits per heavy atom. The third kappa shape index (κ3) is 3.09. The van der Waals surface area contributed by atoms with Crippen molar-refractivity contribution in [3.05, 3.63) is 33.9 Å². The molecule has 17 heavy (non-hydrogen) atoms. The van der Waals surface area contributed by atoms with E-state index in [1.807, 2.05) is 0 Å². The van der Waals surface area contributed by atoms with E-state index in [0.29, 0.717) is 5.75 Å². The van der Waals surface area contributed by atoms with E-state index in [2.05, 4.69) is 12.6 Å². The van der Waals surface area contributed by atoms with E-state index in [9.17, 15) is 20.3 Å². The summed E-state index contributed by atoms with van der Waals surface area (Å²) in [6, 6.07) is 4.04. The molecular formula is C10H13NO5S. The molecule has 0 fully saturated rings. The Kier molecular flexibility index (Phi) is 4.73. The first-order chi connectivity index (χ1) is 8.01. The highest BCUT2D eigenvalue weighted by molar-refractivity contribution is 7.80. The Hall–Kier alpha value is -1.31. The van der Waals surface area contributed by atoms with E-state index >= 15 is 0 Å². The van der Waals surface area contributed by atoms with Gasteiger partial charge in [-0.25, -0.2) is 0 Å². The lowest BCUT2D eigenvalue weighted by molar-refractivity contribution is -0.386. The van der Waals surface area contributed by atoms with Crippen LogP contribution in [0.25, 0.3) is 0 Å². The number of benzene rings is 1. The van der Waals surface area contributed by atoms with E-state index in [1.54, 1.807) is 0 Å². The number of thiol groups is 1. The molecule has 6 nitrogen and oxygen atoms in total. The van der Waals surface area contributed by atoms with Crippen LogP contribution in [-0.4, -0.2) is 34.1 Å². The number of aliphatic hydroxyl groups excluding tert-OH is 2. The number of rotatable bonds is 5. The molecule has 0 radical (unpaired) electrons. The summed E-state index contributed by atoms with van der Waals surface area (Å²) in [5.74, 6) is 0.317. The Balaban J connectivity index is 3.18. The molecular weight excluding hydrogens is 246 g/mol. The predicted molar refractivity (Wildman–Crippen MR) is 64.5 cm³/mol. The monoisotopic (exact) mass is 259 g/mol. The fourth-order valence-corrected chi connectivity index (χ4v) is 1.57. The van der Waals surface area contributed by atoms with Gasteiger partial charge in [0.05, 0.1) is 29.8 Å². The summed E-state index contributed by atoms with van der Waals surface area (Å²) in [7, 11) is 1.39. The van der Waals surface area contributed by atoms with E-state index in [4.69, 9.17) is 4.74 Å². The van der Waals surface area contributed by atoms with Crippen LogP contribution >= 0.6 is 12.6 Å². The SMILES string of the molecule is COc1ccc(C(O)C(O)CS)c([N+](=O)[O-])c1. The van der Waals surface area contributed by atoms with Gasteiger partial charge < -0.3 is 14.9 Å². The molecule has 0 spiro atoms. The molecule has 2 N–H and O–H groups in total. The predicted octanol–water partition coefficient (Wildman–Crippen LogP) is 0.927. The van der Waals surface area contributed by atoms with Gasteiger partial charge in [0.2, 0.25) is 0 Å². The zero-order valence-electron chi connectivity index (χ0n) is 9.11. The van der Waals surface area contributed by atoms with Crippen molar-refractivity contribution in [1.29, 1.82) is 0 Å². The number of hydrogen-bond acceptors (Lipinski definition) is 6. The van der Waals surface area contributed by atoms with Gasteiger partial charge in [-0.2, -0.15) is 12.6 Å². The summed E-state index contributed by atoms with van der Waals surface area (Å²) in [5, 5.41) is 30.0. The van der Waals surface area contributed by atoms with E-state index in [1.165, 1.54) is 25.3 Å². The molecule has 0 aromatic heterocycles. The molecule has 0 aliphatic rings. The smallest absolute Gasteiger partial charge is 0.279 e. The number of aliphatic hydroxyl groups is 2. The zero-order chi connectivity index (χ0) is 13.0. The second kappa shape index (κ2) is 5.85. The molecule has 1 aromatic rings. The minimum Gasteiger partial charge on any atom is -0.497 e. The van der Waals surface area contributed by atoms with Crippen molar-refractivity contribution in [2.45, 2.75) is 12.2 Å². The Morgan fingerprint density at radius 1 is 1.53 bits per heavy atom. The summed E-state index contributed by atoms with van der Waals surface area (Å²) >= 11 is 3.83. The van der Waals surface area contributed by atoms with Crippen LogP contribution in [0.15, 0.2) is 18.2 Å². The van der Waals surface area contributed by atoms with Crippen LogP contribution in [-0.2, 0) is 0 Å². The van der Waals surface area contributed by atoms with Crippen LogP contribution in [0.4, 0.5) is 5.69 Å². The van der Waals surface area contributed by atoms with Crippen LogP contribution in [0.5, 0.6) is 5.75 Å². The normalized spacial score (nSPS) is 14.1. The lowest BCUT2D eigenvalue weighted by atomic mass is 10.0. The second-order valence-electron chi connectivity index (χ2n) is 3.38. The third-order valence-electron chi connectivity index (χ3n) is 2.30. The van der Waals surface area contributed by atoms with Crippen LogP contribution in [0.1, 0.15) is 11.7 Å². The van der Waals surface area contributed by atoms with Crippen molar-refractivity contribution in [2.24, 2.45) is 0 Å². The van der Waals surface area contributed by atoms with Gasteiger partial charge in [-0.15, -0.1) is 0 Å². The summed E-state index contributed by atoms with van der Waals surface area (Å²) in [4.78, 5) is 10.2. The highest BCUT2D eigenvalue weighted by atomic mass is 32.1. The molecule has 0 amide bonds. The van der Waals surface area contributed by atoms with Crippen molar-refractivity contribution in [1.82, 2.24) is 0 Å². The van der Waals surface area contributed by atoms with Crippen molar-refractivity contribution >= 4 is 18.3 Å². The van der Waals surface area contributed by atoms with Gasteiger partial charge in [0.15, 0.2) is 0 Å². The van der Waals surface area contributed by atoms with Gasteiger partial charge in [-0.05, 0) is 12.1 Å². The number of nitro groups is 1. The van der Waals surface area contributed by atoms with Gasteiger partial charge in [-0.3, -0.25) is 10.1 Å². The van der Waals surface area contributed by atoms with Crippen LogP contribution in [0.2, 0.25) is 0 Å². The van der Waals surface area contributed by atoms with Crippen LogP contribution < -0.4 is 4.74 Å². The molecule has 2 unspecified atom stereocenters. The molecule has 0 aliphatic heterocycles. The molecule has 0 bridgehead atoms. The molecule has 1 aromatic carbocycles. The van der Waals surface area contributed by atoms with Gasteiger partial charge in [0.25, 0.3) is 5.69 Å². The van der Waals surface area contributed by atoms with Crippen LogP contribution in [0.3, 0.4) is 0 Å². The van der Waals surface area contributed by atoms with Gasteiger partial charge >= 0.3 is 0 Å². The van der Waals surface area contributed by atoms with Crippen molar-refractivity contribution < 1.29 is 19.9 Å². The minimum atomic E-state index is -1.35. The number of hydrogen-bond donors (Lipinski definition) is 3. The quantitative estimate of drug-likeness (QED) is 0.415. The van der Waals surface area contributed by atoms with Crippen molar-refractivity contribution in [3.63, 3.8) is 0 Å². The first kappa shape index (κ1) is 13.8. The lowest BCUT2D eigenvalue weighted by Crippen LogP contribution is -2.20. The van der Waals surface area contributed by atoms with E-state index in [-0.39, 0.29) is 17.0 Å². The first-order valence-corrected chi connectivity index (χ1v) is 5.43. The van der Waals surface area contributed by atoms with Gasteiger partial charge in [0.1, 0.15) is 11.9 Å². The molecule has 0 aliphatic carbocycles. The van der Waals surface area contributed by atoms with Gasteiger partial charge in [-0.1, -0.05) is 0 Å². The number of methoxy groups -OCH3 is 1. The molecule has 0 heterocycles. The molecule has 2 atom stereocenters. The maximum atomic E-state index is 10.8. The molecule has 0 saturated heterocycles. The fraction of sp³-hybridized carbons (Fsp3) is 0.400. The molecule has 94 valence electrons. The third-order valence-corrected chi connectivity index (χ3v) is 2.68. The van der Waals surface area contributed by atoms with Crippen LogP contribution in [0, 0.1) is 10.1 Å². The largest absolute Gasteiger partial charge is 0.497 e. The minimum absolute atomic E-state index is 0.00432. The Bertz CT molecular complexity index is 412. The molecule has 7 heteroatoms. The average Bonchev–Trinajstić information content (AvgIpc) is 2.35. The van der Waals surface area contributed by atoms with E-state index < -0.39 is 17.1 Å². The Labute approximate surface area is 103 Å². The zero-order valence-corrected chi connectivity index (χ0v) is 10.0. The maximum Gasteiger partial charge on any atom is 0.279 e. The molecule has 1 rings (SSSR count). The highest BCUT2D eigenvalue weighted by Crippen LogP contribution is 2.31. The standard InChI is InChI=1S/C10H13NO5S/c1-16-6-2-3-7(8(4-6)11(14)15)10(13)9(12)5-17/h2-4,9-10,12-13,17H,5H2,1H3. The first-order valence-electron chi connectivity index (χ1n) is 4.80.